The topological polar surface area (TPSA) is 93.8 Å². The van der Waals surface area contributed by atoms with Gasteiger partial charge in [-0.05, 0) is 58.1 Å². The molecule has 1 saturated heterocycles. The van der Waals surface area contributed by atoms with Crippen molar-refractivity contribution in [1.29, 1.82) is 0 Å². The fourth-order valence-corrected chi connectivity index (χ4v) is 6.14. The number of morpholine rings is 1. The Morgan fingerprint density at radius 3 is 2.86 bits per heavy atom. The van der Waals surface area contributed by atoms with Gasteiger partial charge in [0.25, 0.3) is 11.8 Å². The van der Waals surface area contributed by atoms with Crippen molar-refractivity contribution in [3.63, 3.8) is 0 Å². The van der Waals surface area contributed by atoms with Crippen LogP contribution in [0, 0.1) is 0 Å². The summed E-state index contributed by atoms with van der Waals surface area (Å²) in [4.78, 5) is 40.9. The normalized spacial score (nSPS) is 19.2. The van der Waals surface area contributed by atoms with Crippen LogP contribution in [0.3, 0.4) is 0 Å². The molecule has 0 spiro atoms. The van der Waals surface area contributed by atoms with Crippen molar-refractivity contribution in [2.24, 2.45) is 0 Å². The molecule has 4 heterocycles. The third-order valence-corrected chi connectivity index (χ3v) is 8.26. The fraction of sp³-hybridized carbons (Fsp3) is 0.519. The average Bonchev–Trinajstić information content (AvgIpc) is 3.45. The van der Waals surface area contributed by atoms with E-state index in [4.69, 9.17) is 9.72 Å². The smallest absolute Gasteiger partial charge is 0.263 e. The van der Waals surface area contributed by atoms with E-state index in [2.05, 4.69) is 20.1 Å². The van der Waals surface area contributed by atoms with Crippen molar-refractivity contribution in [1.82, 2.24) is 25.1 Å². The zero-order valence-electron chi connectivity index (χ0n) is 22.3. The van der Waals surface area contributed by atoms with Gasteiger partial charge in [0.1, 0.15) is 4.88 Å². The first kappa shape index (κ1) is 25.7. The summed E-state index contributed by atoms with van der Waals surface area (Å²) in [5.41, 5.74) is 3.43. The van der Waals surface area contributed by atoms with Crippen LogP contribution in [0.2, 0.25) is 0 Å². The van der Waals surface area contributed by atoms with Crippen LogP contribution in [0.4, 0.5) is 5.13 Å². The predicted molar refractivity (Wildman–Crippen MR) is 147 cm³/mol. The van der Waals surface area contributed by atoms with Gasteiger partial charge in [-0.2, -0.15) is 0 Å². The first-order valence-electron chi connectivity index (χ1n) is 12.8. The number of H-pyrrole nitrogens is 1. The summed E-state index contributed by atoms with van der Waals surface area (Å²) in [6.45, 7) is 7.48. The number of hydrogen-bond acceptors (Lipinski definition) is 7. The Labute approximate surface area is 221 Å². The van der Waals surface area contributed by atoms with Crippen LogP contribution in [0.25, 0.3) is 10.9 Å². The molecule has 2 N–H and O–H groups in total. The second-order valence-corrected chi connectivity index (χ2v) is 12.0. The number of rotatable bonds is 7. The van der Waals surface area contributed by atoms with E-state index in [1.165, 1.54) is 11.3 Å². The molecule has 10 heteroatoms. The number of carbonyl (C=O) groups excluding carboxylic acids is 2. The van der Waals surface area contributed by atoms with Crippen LogP contribution in [-0.2, 0) is 17.6 Å². The van der Waals surface area contributed by atoms with Crippen LogP contribution in [-0.4, -0.2) is 97.2 Å². The maximum atomic E-state index is 13.1. The summed E-state index contributed by atoms with van der Waals surface area (Å²) >= 11 is 1.47. The fourth-order valence-electron chi connectivity index (χ4n) is 5.07. The zero-order chi connectivity index (χ0) is 26.3. The largest absolute Gasteiger partial charge is 0.377 e. The van der Waals surface area contributed by atoms with Gasteiger partial charge in [0.2, 0.25) is 0 Å². The lowest BCUT2D eigenvalue weighted by Gasteiger charge is -2.35. The SMILES string of the molecule is CN(C)CCN(C)C(=O)c1ccc2[nH]cc(C[C@H]3COCCN3c3nc4c(s3)C(=O)NC(C)(C)C4)c2c1. The molecule has 2 amide bonds. The van der Waals surface area contributed by atoms with Crippen LogP contribution in [0.5, 0.6) is 0 Å². The van der Waals surface area contributed by atoms with Gasteiger partial charge in [0.15, 0.2) is 5.13 Å². The Balaban J connectivity index is 1.38. The van der Waals surface area contributed by atoms with Crippen molar-refractivity contribution in [3.8, 4) is 0 Å². The molecule has 5 rings (SSSR count). The number of benzene rings is 1. The number of thiazole rings is 1. The molecule has 2 aliphatic rings. The molecular formula is C27H36N6O3S. The molecule has 2 aromatic heterocycles. The first-order valence-corrected chi connectivity index (χ1v) is 13.6. The number of carbonyl (C=O) groups is 2. The van der Waals surface area contributed by atoms with E-state index in [0.717, 1.165) is 53.2 Å². The standard InChI is InChI=1S/C27H36N6O3S/c1-27(2)14-22-23(24(34)30-27)37-26(29-22)33-10-11-36-16-19(33)12-18-15-28-21-7-6-17(13-20(18)21)25(35)32(5)9-8-31(3)4/h6-7,13,15,19,28H,8-12,14,16H2,1-5H3,(H,30,34)/t19-/m0/s1. The third-order valence-electron chi connectivity index (χ3n) is 7.13. The van der Waals surface area contributed by atoms with Crippen molar-refractivity contribution in [2.75, 3.05) is 58.9 Å². The Kier molecular flexibility index (Phi) is 6.99. The number of nitrogens with one attached hydrogen (secondary N) is 2. The Bertz CT molecular complexity index is 1310. The number of anilines is 1. The number of likely N-dealkylation sites (N-methyl/N-ethyl adjacent to an activating group) is 2. The van der Waals surface area contributed by atoms with E-state index in [1.807, 2.05) is 59.4 Å². The summed E-state index contributed by atoms with van der Waals surface area (Å²) in [5, 5.41) is 5.01. The minimum atomic E-state index is -0.292. The van der Waals surface area contributed by atoms with E-state index < -0.39 is 0 Å². The second kappa shape index (κ2) is 10.1. The van der Waals surface area contributed by atoms with Crippen LogP contribution < -0.4 is 10.2 Å². The maximum absolute atomic E-state index is 13.1. The highest BCUT2D eigenvalue weighted by atomic mass is 32.1. The molecule has 0 unspecified atom stereocenters. The van der Waals surface area contributed by atoms with Gasteiger partial charge in [-0.25, -0.2) is 4.98 Å². The van der Waals surface area contributed by atoms with Crippen molar-refractivity contribution < 1.29 is 14.3 Å². The lowest BCUT2D eigenvalue weighted by molar-refractivity contribution is 0.0786. The summed E-state index contributed by atoms with van der Waals surface area (Å²) in [6.07, 6.45) is 3.50. The van der Waals surface area contributed by atoms with Gasteiger partial charge >= 0.3 is 0 Å². The summed E-state index contributed by atoms with van der Waals surface area (Å²) in [6, 6.07) is 5.95. The van der Waals surface area contributed by atoms with Crippen molar-refractivity contribution in [3.05, 3.63) is 46.1 Å². The lowest BCUT2D eigenvalue weighted by Crippen LogP contribution is -2.48. The number of aromatic nitrogens is 2. The van der Waals surface area contributed by atoms with E-state index in [1.54, 1.807) is 4.90 Å². The van der Waals surface area contributed by atoms with Crippen LogP contribution >= 0.6 is 11.3 Å². The van der Waals surface area contributed by atoms with Gasteiger partial charge in [-0.1, -0.05) is 11.3 Å². The number of aromatic amines is 1. The molecular weight excluding hydrogens is 488 g/mol. The highest BCUT2D eigenvalue weighted by molar-refractivity contribution is 7.17. The molecule has 0 bridgehead atoms. The zero-order valence-corrected chi connectivity index (χ0v) is 23.1. The second-order valence-electron chi connectivity index (χ2n) is 11.0. The molecule has 0 saturated carbocycles. The number of nitrogens with zero attached hydrogens (tertiary/aromatic N) is 4. The monoisotopic (exact) mass is 524 g/mol. The summed E-state index contributed by atoms with van der Waals surface area (Å²) in [5.74, 6) is -0.0164. The highest BCUT2D eigenvalue weighted by Crippen LogP contribution is 2.34. The third kappa shape index (κ3) is 5.37. The molecule has 37 heavy (non-hydrogen) atoms. The molecule has 1 atom stereocenters. The Morgan fingerprint density at radius 1 is 1.27 bits per heavy atom. The van der Waals surface area contributed by atoms with Gasteiger partial charge in [-0.3, -0.25) is 9.59 Å². The minimum Gasteiger partial charge on any atom is -0.377 e. The van der Waals surface area contributed by atoms with E-state index >= 15 is 0 Å². The first-order chi connectivity index (χ1) is 17.6. The molecule has 1 aromatic carbocycles. The maximum Gasteiger partial charge on any atom is 0.263 e. The van der Waals surface area contributed by atoms with Gasteiger partial charge in [0, 0.05) is 61.3 Å². The van der Waals surface area contributed by atoms with Gasteiger partial charge in [0.05, 0.1) is 24.9 Å². The van der Waals surface area contributed by atoms with Gasteiger partial charge in [-0.15, -0.1) is 0 Å². The molecule has 0 aliphatic carbocycles. The van der Waals surface area contributed by atoms with Gasteiger partial charge < -0.3 is 29.7 Å². The molecule has 9 nitrogen and oxygen atoms in total. The number of ether oxygens (including phenoxy) is 1. The van der Waals surface area contributed by atoms with E-state index in [0.29, 0.717) is 30.2 Å². The Morgan fingerprint density at radius 2 is 2.08 bits per heavy atom. The van der Waals surface area contributed by atoms with Crippen LogP contribution in [0.1, 0.15) is 45.1 Å². The summed E-state index contributed by atoms with van der Waals surface area (Å²) in [7, 11) is 5.86. The molecule has 198 valence electrons. The Hall–Kier alpha value is -2.95. The van der Waals surface area contributed by atoms with Crippen molar-refractivity contribution >= 4 is 39.2 Å². The predicted octanol–water partition coefficient (Wildman–Crippen LogP) is 2.77. The highest BCUT2D eigenvalue weighted by Gasteiger charge is 2.35. The number of hydrogen-bond donors (Lipinski definition) is 2. The molecule has 0 radical (unpaired) electrons. The summed E-state index contributed by atoms with van der Waals surface area (Å²) < 4.78 is 5.87. The van der Waals surface area contributed by atoms with Crippen molar-refractivity contribution in [2.45, 2.75) is 38.3 Å². The average molecular weight is 525 g/mol. The lowest BCUT2D eigenvalue weighted by atomic mass is 9.94. The van der Waals surface area contributed by atoms with E-state index in [-0.39, 0.29) is 23.4 Å². The quantitative estimate of drug-likeness (QED) is 0.494. The number of fused-ring (bicyclic) bond motifs is 2. The van der Waals surface area contributed by atoms with E-state index in [9.17, 15) is 9.59 Å². The number of amides is 2. The minimum absolute atomic E-state index is 0.0214. The van der Waals surface area contributed by atoms with Crippen LogP contribution in [0.15, 0.2) is 24.4 Å². The molecule has 2 aliphatic heterocycles. The molecule has 1 fully saturated rings. The molecule has 3 aromatic rings.